The SMILES string of the molecule is O=C(c1cn2ccccc2n1)N1CCC(Oc2cccc(F)c2)CC1. The molecule has 3 aromatic rings. The van der Waals surface area contributed by atoms with E-state index < -0.39 is 0 Å². The Morgan fingerprint density at radius 2 is 2.00 bits per heavy atom. The largest absolute Gasteiger partial charge is 0.490 e. The Bertz CT molecular complexity index is 867. The molecular formula is C19H18FN3O2. The summed E-state index contributed by atoms with van der Waals surface area (Å²) in [6.07, 6.45) is 5.06. The minimum Gasteiger partial charge on any atom is -0.490 e. The number of amides is 1. The number of rotatable bonds is 3. The topological polar surface area (TPSA) is 46.8 Å². The van der Waals surface area contributed by atoms with Gasteiger partial charge in [0.05, 0.1) is 0 Å². The summed E-state index contributed by atoms with van der Waals surface area (Å²) < 4.78 is 20.9. The second-order valence-electron chi connectivity index (χ2n) is 6.16. The van der Waals surface area contributed by atoms with Crippen LogP contribution in [0.1, 0.15) is 23.3 Å². The summed E-state index contributed by atoms with van der Waals surface area (Å²) in [6.45, 7) is 1.21. The fourth-order valence-electron chi connectivity index (χ4n) is 3.11. The zero-order valence-corrected chi connectivity index (χ0v) is 13.6. The van der Waals surface area contributed by atoms with Crippen LogP contribution in [-0.2, 0) is 0 Å². The maximum absolute atomic E-state index is 13.2. The van der Waals surface area contributed by atoms with Crippen molar-refractivity contribution in [3.8, 4) is 5.75 Å². The number of hydrogen-bond donors (Lipinski definition) is 0. The Morgan fingerprint density at radius 3 is 2.76 bits per heavy atom. The van der Waals surface area contributed by atoms with Crippen LogP contribution in [0.4, 0.5) is 4.39 Å². The number of benzene rings is 1. The summed E-state index contributed by atoms with van der Waals surface area (Å²) >= 11 is 0. The Balaban J connectivity index is 1.38. The molecule has 128 valence electrons. The van der Waals surface area contributed by atoms with E-state index in [-0.39, 0.29) is 17.8 Å². The molecule has 1 aliphatic rings. The maximum atomic E-state index is 13.2. The van der Waals surface area contributed by atoms with Crippen LogP contribution >= 0.6 is 0 Å². The van der Waals surface area contributed by atoms with Gasteiger partial charge in [0.1, 0.15) is 29.0 Å². The number of aromatic nitrogens is 2. The standard InChI is InChI=1S/C19H18FN3O2/c20-14-4-3-5-16(12-14)25-15-7-10-22(11-8-15)19(24)17-13-23-9-2-1-6-18(23)21-17/h1-6,9,12-13,15H,7-8,10-11H2. The molecule has 0 radical (unpaired) electrons. The van der Waals surface area contributed by atoms with E-state index in [4.69, 9.17) is 4.74 Å². The van der Waals surface area contributed by atoms with Gasteiger partial charge in [-0.25, -0.2) is 9.37 Å². The summed E-state index contributed by atoms with van der Waals surface area (Å²) in [7, 11) is 0. The van der Waals surface area contributed by atoms with E-state index in [1.54, 1.807) is 23.2 Å². The second-order valence-corrected chi connectivity index (χ2v) is 6.16. The first-order valence-corrected chi connectivity index (χ1v) is 8.34. The number of ether oxygens (including phenoxy) is 1. The van der Waals surface area contributed by atoms with Crippen molar-refractivity contribution in [1.29, 1.82) is 0 Å². The van der Waals surface area contributed by atoms with Crippen LogP contribution in [0.5, 0.6) is 5.75 Å². The summed E-state index contributed by atoms with van der Waals surface area (Å²) in [6, 6.07) is 11.8. The molecule has 3 heterocycles. The van der Waals surface area contributed by atoms with Gasteiger partial charge in [-0.1, -0.05) is 12.1 Å². The first-order chi connectivity index (χ1) is 12.2. The lowest BCUT2D eigenvalue weighted by Crippen LogP contribution is -2.41. The van der Waals surface area contributed by atoms with Gasteiger partial charge in [0, 0.05) is 44.4 Å². The normalized spacial score (nSPS) is 15.5. The zero-order valence-electron chi connectivity index (χ0n) is 13.6. The quantitative estimate of drug-likeness (QED) is 0.736. The second kappa shape index (κ2) is 6.55. The molecule has 0 bridgehead atoms. The third-order valence-electron chi connectivity index (χ3n) is 4.41. The third kappa shape index (κ3) is 3.33. The molecule has 0 unspecified atom stereocenters. The number of nitrogens with zero attached hydrogens (tertiary/aromatic N) is 3. The van der Waals surface area contributed by atoms with Crippen molar-refractivity contribution in [3.05, 3.63) is 66.4 Å². The summed E-state index contributed by atoms with van der Waals surface area (Å²) in [5.74, 6) is 0.162. The van der Waals surface area contributed by atoms with E-state index in [1.807, 2.05) is 28.8 Å². The smallest absolute Gasteiger partial charge is 0.274 e. The van der Waals surface area contributed by atoms with Gasteiger partial charge in [0.25, 0.3) is 5.91 Å². The molecule has 2 aromatic heterocycles. The lowest BCUT2D eigenvalue weighted by molar-refractivity contribution is 0.0590. The molecule has 0 spiro atoms. The third-order valence-corrected chi connectivity index (χ3v) is 4.41. The minimum absolute atomic E-state index is 0.00748. The molecule has 4 rings (SSSR count). The Kier molecular flexibility index (Phi) is 4.09. The van der Waals surface area contributed by atoms with E-state index in [0.29, 0.717) is 24.5 Å². The van der Waals surface area contributed by atoms with Crippen LogP contribution in [0.15, 0.2) is 54.9 Å². The van der Waals surface area contributed by atoms with Crippen molar-refractivity contribution >= 4 is 11.6 Å². The Hall–Kier alpha value is -2.89. The average Bonchev–Trinajstić information content (AvgIpc) is 3.06. The van der Waals surface area contributed by atoms with Crippen molar-refractivity contribution in [2.45, 2.75) is 18.9 Å². The van der Waals surface area contributed by atoms with Gasteiger partial charge in [-0.2, -0.15) is 0 Å². The predicted octanol–water partition coefficient (Wildman–Crippen LogP) is 3.16. The van der Waals surface area contributed by atoms with E-state index in [1.165, 1.54) is 12.1 Å². The molecule has 1 saturated heterocycles. The van der Waals surface area contributed by atoms with Gasteiger partial charge in [0.2, 0.25) is 0 Å². The number of carbonyl (C=O) groups is 1. The summed E-state index contributed by atoms with van der Waals surface area (Å²) in [5, 5.41) is 0. The number of halogens is 1. The molecule has 1 fully saturated rings. The molecule has 1 aliphatic heterocycles. The molecule has 5 nitrogen and oxygen atoms in total. The highest BCUT2D eigenvalue weighted by atomic mass is 19.1. The molecule has 6 heteroatoms. The van der Waals surface area contributed by atoms with Crippen molar-refractivity contribution in [1.82, 2.24) is 14.3 Å². The van der Waals surface area contributed by atoms with Crippen LogP contribution in [0.3, 0.4) is 0 Å². The number of fused-ring (bicyclic) bond motifs is 1. The number of carbonyl (C=O) groups excluding carboxylic acids is 1. The van der Waals surface area contributed by atoms with Crippen LogP contribution in [0.25, 0.3) is 5.65 Å². The molecule has 0 atom stereocenters. The first kappa shape index (κ1) is 15.6. The lowest BCUT2D eigenvalue weighted by Gasteiger charge is -2.31. The highest BCUT2D eigenvalue weighted by Crippen LogP contribution is 2.21. The Labute approximate surface area is 144 Å². The van der Waals surface area contributed by atoms with E-state index in [2.05, 4.69) is 4.98 Å². The lowest BCUT2D eigenvalue weighted by atomic mass is 10.1. The number of hydrogen-bond acceptors (Lipinski definition) is 3. The number of imidazole rings is 1. The van der Waals surface area contributed by atoms with Crippen LogP contribution < -0.4 is 4.74 Å². The van der Waals surface area contributed by atoms with Gasteiger partial charge in [-0.05, 0) is 24.3 Å². The molecular weight excluding hydrogens is 321 g/mol. The van der Waals surface area contributed by atoms with Crippen LogP contribution in [-0.4, -0.2) is 39.4 Å². The van der Waals surface area contributed by atoms with Gasteiger partial charge >= 0.3 is 0 Å². The highest BCUT2D eigenvalue weighted by Gasteiger charge is 2.26. The number of piperidine rings is 1. The molecule has 25 heavy (non-hydrogen) atoms. The van der Waals surface area contributed by atoms with Crippen molar-refractivity contribution in [2.75, 3.05) is 13.1 Å². The fraction of sp³-hybridized carbons (Fsp3) is 0.263. The van der Waals surface area contributed by atoms with Gasteiger partial charge in [0.15, 0.2) is 0 Å². The van der Waals surface area contributed by atoms with Gasteiger partial charge in [-0.3, -0.25) is 4.79 Å². The maximum Gasteiger partial charge on any atom is 0.274 e. The molecule has 0 saturated carbocycles. The van der Waals surface area contributed by atoms with Gasteiger partial charge in [-0.15, -0.1) is 0 Å². The summed E-state index contributed by atoms with van der Waals surface area (Å²) in [4.78, 5) is 18.8. The van der Waals surface area contributed by atoms with Crippen molar-refractivity contribution < 1.29 is 13.9 Å². The van der Waals surface area contributed by atoms with E-state index >= 15 is 0 Å². The molecule has 1 aromatic carbocycles. The first-order valence-electron chi connectivity index (χ1n) is 8.34. The van der Waals surface area contributed by atoms with Crippen molar-refractivity contribution in [3.63, 3.8) is 0 Å². The molecule has 1 amide bonds. The summed E-state index contributed by atoms with van der Waals surface area (Å²) in [5.41, 5.74) is 1.21. The van der Waals surface area contributed by atoms with Crippen LogP contribution in [0, 0.1) is 5.82 Å². The van der Waals surface area contributed by atoms with Crippen molar-refractivity contribution in [2.24, 2.45) is 0 Å². The Morgan fingerprint density at radius 1 is 1.16 bits per heavy atom. The minimum atomic E-state index is -0.308. The van der Waals surface area contributed by atoms with E-state index in [0.717, 1.165) is 18.5 Å². The average molecular weight is 339 g/mol. The molecule has 0 N–H and O–H groups in total. The molecule has 0 aliphatic carbocycles. The number of pyridine rings is 1. The zero-order chi connectivity index (χ0) is 17.2. The highest BCUT2D eigenvalue weighted by molar-refractivity contribution is 5.93. The monoisotopic (exact) mass is 339 g/mol. The fourth-order valence-corrected chi connectivity index (χ4v) is 3.11. The number of likely N-dealkylation sites (tertiary alicyclic amines) is 1. The predicted molar refractivity (Wildman–Crippen MR) is 91.1 cm³/mol. The van der Waals surface area contributed by atoms with E-state index in [9.17, 15) is 9.18 Å². The van der Waals surface area contributed by atoms with Crippen LogP contribution in [0.2, 0.25) is 0 Å². The van der Waals surface area contributed by atoms with Gasteiger partial charge < -0.3 is 14.0 Å².